The molecule has 1 aliphatic carbocycles. The van der Waals surface area contributed by atoms with Gasteiger partial charge < -0.3 is 19.7 Å². The molecule has 2 aromatic rings. The third-order valence-corrected chi connectivity index (χ3v) is 6.92. The number of benzene rings is 1. The highest BCUT2D eigenvalue weighted by molar-refractivity contribution is 6.30. The van der Waals surface area contributed by atoms with Crippen LogP contribution in [-0.2, 0) is 0 Å². The van der Waals surface area contributed by atoms with Crippen molar-refractivity contribution < 1.29 is 9.59 Å². The smallest absolute Gasteiger partial charge is 0.259 e. The van der Waals surface area contributed by atoms with E-state index in [0.29, 0.717) is 37.7 Å². The van der Waals surface area contributed by atoms with Crippen LogP contribution in [0, 0.1) is 6.92 Å². The fourth-order valence-electron chi connectivity index (χ4n) is 4.82. The second-order valence-corrected chi connectivity index (χ2v) is 9.31. The standard InChI is InChI=1S/C25H31ClN4O3/c1-3-27-24(32)20-15-30(19-6-4-5-7-19)16-21(23(20)31)25(33)29-12-10-28(11-13-29)22-14-18(26)9-8-17(22)2/h8-9,14-16,19H,3-7,10-13H2,1-2H3,(H,27,32). The summed E-state index contributed by atoms with van der Waals surface area (Å²) < 4.78 is 1.91. The van der Waals surface area contributed by atoms with Crippen molar-refractivity contribution in [1.82, 2.24) is 14.8 Å². The van der Waals surface area contributed by atoms with Gasteiger partial charge in [-0.3, -0.25) is 14.4 Å². The highest BCUT2D eigenvalue weighted by atomic mass is 35.5. The molecule has 0 bridgehead atoms. The van der Waals surface area contributed by atoms with Gasteiger partial charge in [0.1, 0.15) is 11.1 Å². The molecule has 1 aromatic heterocycles. The zero-order valence-electron chi connectivity index (χ0n) is 19.3. The molecule has 1 saturated carbocycles. The normalized spacial score (nSPS) is 16.8. The monoisotopic (exact) mass is 470 g/mol. The Morgan fingerprint density at radius 2 is 1.73 bits per heavy atom. The zero-order valence-corrected chi connectivity index (χ0v) is 20.0. The molecule has 176 valence electrons. The van der Waals surface area contributed by atoms with E-state index in [4.69, 9.17) is 11.6 Å². The number of rotatable bonds is 5. The van der Waals surface area contributed by atoms with Crippen molar-refractivity contribution in [2.75, 3.05) is 37.6 Å². The molecule has 0 atom stereocenters. The quantitative estimate of drug-likeness (QED) is 0.724. The minimum atomic E-state index is -0.492. The molecule has 2 amide bonds. The molecule has 1 aromatic carbocycles. The zero-order chi connectivity index (χ0) is 23.5. The predicted octanol–water partition coefficient (Wildman–Crippen LogP) is 3.64. The number of hydrogen-bond acceptors (Lipinski definition) is 4. The number of nitrogens with zero attached hydrogens (tertiary/aromatic N) is 3. The SMILES string of the molecule is CCNC(=O)c1cn(C2CCCC2)cc(C(=O)N2CCN(c3cc(Cl)ccc3C)CC2)c1=O. The van der Waals surface area contributed by atoms with Crippen LogP contribution in [0.1, 0.15) is 64.9 Å². The maximum Gasteiger partial charge on any atom is 0.259 e. The molecule has 7 nitrogen and oxygen atoms in total. The van der Waals surface area contributed by atoms with E-state index in [1.807, 2.05) is 36.6 Å². The summed E-state index contributed by atoms with van der Waals surface area (Å²) >= 11 is 6.18. The molecule has 1 saturated heterocycles. The van der Waals surface area contributed by atoms with E-state index in [9.17, 15) is 14.4 Å². The van der Waals surface area contributed by atoms with Crippen molar-refractivity contribution in [3.05, 3.63) is 62.5 Å². The van der Waals surface area contributed by atoms with E-state index >= 15 is 0 Å². The van der Waals surface area contributed by atoms with E-state index in [1.54, 1.807) is 17.3 Å². The molecular weight excluding hydrogens is 440 g/mol. The number of carbonyl (C=O) groups is 2. The van der Waals surface area contributed by atoms with Crippen molar-refractivity contribution in [2.45, 2.75) is 45.6 Å². The first kappa shape index (κ1) is 23.4. The van der Waals surface area contributed by atoms with Crippen LogP contribution in [0.25, 0.3) is 0 Å². The highest BCUT2D eigenvalue weighted by Gasteiger charge is 2.28. The Labute approximate surface area is 199 Å². The molecule has 0 spiro atoms. The number of amides is 2. The van der Waals surface area contributed by atoms with Crippen LogP contribution < -0.4 is 15.6 Å². The van der Waals surface area contributed by atoms with Gasteiger partial charge in [0, 0.05) is 61.9 Å². The second kappa shape index (κ2) is 10.00. The fourth-order valence-corrected chi connectivity index (χ4v) is 4.99. The van der Waals surface area contributed by atoms with Crippen LogP contribution in [0.4, 0.5) is 5.69 Å². The van der Waals surface area contributed by atoms with E-state index in [1.165, 1.54) is 0 Å². The fraction of sp³-hybridized carbons (Fsp3) is 0.480. The van der Waals surface area contributed by atoms with Crippen molar-refractivity contribution in [2.24, 2.45) is 0 Å². The first-order chi connectivity index (χ1) is 15.9. The van der Waals surface area contributed by atoms with Gasteiger partial charge in [-0.2, -0.15) is 0 Å². The number of aryl methyl sites for hydroxylation is 1. The van der Waals surface area contributed by atoms with Crippen LogP contribution in [0.3, 0.4) is 0 Å². The van der Waals surface area contributed by atoms with Crippen molar-refractivity contribution >= 4 is 29.1 Å². The molecule has 0 radical (unpaired) electrons. The van der Waals surface area contributed by atoms with Crippen LogP contribution >= 0.6 is 11.6 Å². The molecule has 1 aliphatic heterocycles. The third kappa shape index (κ3) is 4.93. The molecular formula is C25H31ClN4O3. The molecule has 33 heavy (non-hydrogen) atoms. The number of piperazine rings is 1. The van der Waals surface area contributed by atoms with Crippen LogP contribution in [-0.4, -0.2) is 54.0 Å². The van der Waals surface area contributed by atoms with Gasteiger partial charge in [-0.25, -0.2) is 0 Å². The van der Waals surface area contributed by atoms with Gasteiger partial charge in [0.15, 0.2) is 0 Å². The minimum Gasteiger partial charge on any atom is -0.368 e. The lowest BCUT2D eigenvalue weighted by Gasteiger charge is -2.37. The maximum atomic E-state index is 13.4. The second-order valence-electron chi connectivity index (χ2n) is 8.87. The Morgan fingerprint density at radius 1 is 1.06 bits per heavy atom. The topological polar surface area (TPSA) is 74.7 Å². The van der Waals surface area contributed by atoms with Crippen LogP contribution in [0.15, 0.2) is 35.4 Å². The number of carbonyl (C=O) groups excluding carboxylic acids is 2. The number of nitrogens with one attached hydrogen (secondary N) is 1. The van der Waals surface area contributed by atoms with E-state index in [-0.39, 0.29) is 23.1 Å². The van der Waals surface area contributed by atoms with Gasteiger partial charge in [-0.1, -0.05) is 30.5 Å². The summed E-state index contributed by atoms with van der Waals surface area (Å²) in [7, 11) is 0. The summed E-state index contributed by atoms with van der Waals surface area (Å²) in [5, 5.41) is 3.39. The summed E-state index contributed by atoms with van der Waals surface area (Å²) in [6, 6.07) is 6.03. The van der Waals surface area contributed by atoms with Gasteiger partial charge in [-0.15, -0.1) is 0 Å². The van der Waals surface area contributed by atoms with Crippen LogP contribution in [0.5, 0.6) is 0 Å². The van der Waals surface area contributed by atoms with Crippen molar-refractivity contribution in [3.63, 3.8) is 0 Å². The minimum absolute atomic E-state index is 0.0442. The summed E-state index contributed by atoms with van der Waals surface area (Å²) in [6.07, 6.45) is 7.49. The van der Waals surface area contributed by atoms with E-state index in [2.05, 4.69) is 10.2 Å². The molecule has 0 unspecified atom stereocenters. The van der Waals surface area contributed by atoms with Crippen LogP contribution in [0.2, 0.25) is 5.02 Å². The molecule has 1 N–H and O–H groups in total. The number of hydrogen-bond donors (Lipinski definition) is 1. The maximum absolute atomic E-state index is 13.4. The largest absolute Gasteiger partial charge is 0.368 e. The number of pyridine rings is 1. The first-order valence-electron chi connectivity index (χ1n) is 11.7. The molecule has 2 fully saturated rings. The molecule has 8 heteroatoms. The lowest BCUT2D eigenvalue weighted by atomic mass is 10.1. The average Bonchev–Trinajstić information content (AvgIpc) is 3.36. The van der Waals surface area contributed by atoms with E-state index in [0.717, 1.165) is 36.9 Å². The van der Waals surface area contributed by atoms with E-state index < -0.39 is 11.3 Å². The number of aromatic nitrogens is 1. The lowest BCUT2D eigenvalue weighted by Crippen LogP contribution is -2.50. The van der Waals surface area contributed by atoms with Gasteiger partial charge in [0.05, 0.1) is 0 Å². The summed E-state index contributed by atoms with van der Waals surface area (Å²) in [5.41, 5.74) is 1.83. The van der Waals surface area contributed by atoms with Gasteiger partial charge in [-0.05, 0) is 44.4 Å². The predicted molar refractivity (Wildman–Crippen MR) is 131 cm³/mol. The number of halogens is 1. The van der Waals surface area contributed by atoms with Gasteiger partial charge >= 0.3 is 0 Å². The number of anilines is 1. The Kier molecular flexibility index (Phi) is 7.08. The molecule has 2 heterocycles. The molecule has 4 rings (SSSR count). The highest BCUT2D eigenvalue weighted by Crippen LogP contribution is 2.30. The van der Waals surface area contributed by atoms with Crippen molar-refractivity contribution in [3.8, 4) is 0 Å². The van der Waals surface area contributed by atoms with Gasteiger partial charge in [0.25, 0.3) is 11.8 Å². The third-order valence-electron chi connectivity index (χ3n) is 6.68. The summed E-state index contributed by atoms with van der Waals surface area (Å²) in [6.45, 7) is 6.58. The Balaban J connectivity index is 1.58. The molecule has 2 aliphatic rings. The van der Waals surface area contributed by atoms with Crippen molar-refractivity contribution in [1.29, 1.82) is 0 Å². The summed E-state index contributed by atoms with van der Waals surface area (Å²) in [5.74, 6) is -0.731. The lowest BCUT2D eigenvalue weighted by molar-refractivity contribution is 0.0744. The average molecular weight is 471 g/mol. The first-order valence-corrected chi connectivity index (χ1v) is 12.1. The summed E-state index contributed by atoms with van der Waals surface area (Å²) in [4.78, 5) is 43.1. The van der Waals surface area contributed by atoms with Gasteiger partial charge in [0.2, 0.25) is 5.43 Å². The Morgan fingerprint density at radius 3 is 2.39 bits per heavy atom. The Bertz CT molecular complexity index is 1100. The Hall–Kier alpha value is -2.80.